The number of nitrogens with zero attached hydrogens (tertiary/aromatic N) is 2. The van der Waals surface area contributed by atoms with Crippen molar-refractivity contribution >= 4 is 28.5 Å². The predicted octanol–water partition coefficient (Wildman–Crippen LogP) is 4.34. The summed E-state index contributed by atoms with van der Waals surface area (Å²) < 4.78 is 13.4. The summed E-state index contributed by atoms with van der Waals surface area (Å²) in [5, 5.41) is 3.69. The molecule has 2 heterocycles. The molecule has 158 valence electrons. The molecule has 0 spiro atoms. The molecule has 1 N–H and O–H groups in total. The molecular weight excluding hydrogens is 402 g/mol. The average molecular weight is 428 g/mol. The molecular formula is C23H26ClN3O3. The average Bonchev–Trinajstić information content (AvgIpc) is 3.42. The number of carbonyl (C=O) groups is 1. The van der Waals surface area contributed by atoms with Gasteiger partial charge in [-0.3, -0.25) is 4.79 Å². The standard InChI is InChI=1S/C23H26ClN3O3/c24-17-9-11-18(12-10-17)29-14-4-3-13-27-20-7-2-1-6-19(20)26-22(27)16-25-23(28)21-8-5-15-30-21/h1-2,6-7,9-12,21H,3-5,8,13-16H2,(H,25,28). The molecule has 0 bridgehead atoms. The molecule has 3 aromatic rings. The summed E-state index contributed by atoms with van der Waals surface area (Å²) >= 11 is 5.90. The van der Waals surface area contributed by atoms with Gasteiger partial charge in [0.1, 0.15) is 17.7 Å². The van der Waals surface area contributed by atoms with E-state index in [2.05, 4.69) is 16.0 Å². The molecule has 0 saturated carbocycles. The van der Waals surface area contributed by atoms with Crippen LogP contribution in [0.2, 0.25) is 5.02 Å². The van der Waals surface area contributed by atoms with Crippen LogP contribution >= 0.6 is 11.6 Å². The number of unbranched alkanes of at least 4 members (excludes halogenated alkanes) is 1. The van der Waals surface area contributed by atoms with Crippen LogP contribution in [0.1, 0.15) is 31.5 Å². The number of amides is 1. The van der Waals surface area contributed by atoms with Crippen molar-refractivity contribution in [1.82, 2.24) is 14.9 Å². The fraction of sp³-hybridized carbons (Fsp3) is 0.391. The number of fused-ring (bicyclic) bond motifs is 1. The van der Waals surface area contributed by atoms with Crippen molar-refractivity contribution in [1.29, 1.82) is 0 Å². The first-order chi connectivity index (χ1) is 14.7. The third-order valence-corrected chi connectivity index (χ3v) is 5.49. The van der Waals surface area contributed by atoms with Crippen LogP contribution in [-0.2, 0) is 22.6 Å². The Balaban J connectivity index is 1.34. The fourth-order valence-corrected chi connectivity index (χ4v) is 3.79. The van der Waals surface area contributed by atoms with Crippen LogP contribution in [0.15, 0.2) is 48.5 Å². The lowest BCUT2D eigenvalue weighted by molar-refractivity contribution is -0.130. The number of hydrogen-bond acceptors (Lipinski definition) is 4. The van der Waals surface area contributed by atoms with Gasteiger partial charge < -0.3 is 19.4 Å². The van der Waals surface area contributed by atoms with Gasteiger partial charge in [-0.15, -0.1) is 0 Å². The highest BCUT2D eigenvalue weighted by atomic mass is 35.5. The van der Waals surface area contributed by atoms with Crippen molar-refractivity contribution in [2.75, 3.05) is 13.2 Å². The summed E-state index contributed by atoms with van der Waals surface area (Å²) in [5.41, 5.74) is 2.02. The van der Waals surface area contributed by atoms with Gasteiger partial charge in [-0.2, -0.15) is 0 Å². The zero-order valence-electron chi connectivity index (χ0n) is 16.9. The Morgan fingerprint density at radius 2 is 2.03 bits per heavy atom. The Morgan fingerprint density at radius 3 is 2.83 bits per heavy atom. The van der Waals surface area contributed by atoms with E-state index in [-0.39, 0.29) is 12.0 Å². The molecule has 0 radical (unpaired) electrons. The molecule has 30 heavy (non-hydrogen) atoms. The minimum atomic E-state index is -0.326. The lowest BCUT2D eigenvalue weighted by Crippen LogP contribution is -2.34. The summed E-state index contributed by atoms with van der Waals surface area (Å²) in [6.07, 6.45) is 3.26. The largest absolute Gasteiger partial charge is 0.494 e. The molecule has 1 unspecified atom stereocenters. The third kappa shape index (κ3) is 5.12. The zero-order chi connectivity index (χ0) is 20.8. The third-order valence-electron chi connectivity index (χ3n) is 5.23. The predicted molar refractivity (Wildman–Crippen MR) is 117 cm³/mol. The van der Waals surface area contributed by atoms with Crippen LogP contribution in [0.25, 0.3) is 11.0 Å². The molecule has 1 fully saturated rings. The minimum absolute atomic E-state index is 0.0533. The highest BCUT2D eigenvalue weighted by Gasteiger charge is 2.23. The van der Waals surface area contributed by atoms with Gasteiger partial charge >= 0.3 is 0 Å². The van der Waals surface area contributed by atoms with E-state index in [1.54, 1.807) is 0 Å². The number of halogens is 1. The van der Waals surface area contributed by atoms with Gasteiger partial charge in [0.15, 0.2) is 0 Å². The molecule has 7 heteroatoms. The van der Waals surface area contributed by atoms with Gasteiger partial charge in [0.2, 0.25) is 5.91 Å². The number of nitrogens with one attached hydrogen (secondary N) is 1. The van der Waals surface area contributed by atoms with Crippen LogP contribution < -0.4 is 10.1 Å². The summed E-state index contributed by atoms with van der Waals surface area (Å²) in [6.45, 7) is 2.51. The van der Waals surface area contributed by atoms with E-state index in [1.807, 2.05) is 42.5 Å². The van der Waals surface area contributed by atoms with Crippen molar-refractivity contribution in [3.8, 4) is 5.75 Å². The van der Waals surface area contributed by atoms with E-state index in [1.165, 1.54) is 0 Å². The second kappa shape index (κ2) is 9.96. The van der Waals surface area contributed by atoms with Crippen molar-refractivity contribution in [3.05, 3.63) is 59.4 Å². The summed E-state index contributed by atoms with van der Waals surface area (Å²) in [6, 6.07) is 15.5. The molecule has 1 aliphatic heterocycles. The quantitative estimate of drug-likeness (QED) is 0.516. The molecule has 1 atom stereocenters. The maximum Gasteiger partial charge on any atom is 0.249 e. The Labute approximate surface area is 181 Å². The molecule has 1 saturated heterocycles. The van der Waals surface area contributed by atoms with Gasteiger partial charge in [-0.1, -0.05) is 23.7 Å². The van der Waals surface area contributed by atoms with Crippen LogP contribution in [0.4, 0.5) is 0 Å². The first-order valence-electron chi connectivity index (χ1n) is 10.4. The smallest absolute Gasteiger partial charge is 0.249 e. The van der Waals surface area contributed by atoms with E-state index in [0.717, 1.165) is 54.8 Å². The minimum Gasteiger partial charge on any atom is -0.494 e. The van der Waals surface area contributed by atoms with Gasteiger partial charge in [-0.25, -0.2) is 4.98 Å². The number of benzene rings is 2. The SMILES string of the molecule is O=C(NCc1nc2ccccc2n1CCCCOc1ccc(Cl)cc1)C1CCCO1. The maximum atomic E-state index is 12.3. The maximum absolute atomic E-state index is 12.3. The van der Waals surface area contributed by atoms with E-state index >= 15 is 0 Å². The number of hydrogen-bond donors (Lipinski definition) is 1. The Hall–Kier alpha value is -2.57. The van der Waals surface area contributed by atoms with Gasteiger partial charge in [0.05, 0.1) is 24.2 Å². The van der Waals surface area contributed by atoms with Crippen molar-refractivity contribution in [2.24, 2.45) is 0 Å². The number of para-hydroxylation sites is 2. The molecule has 2 aromatic carbocycles. The van der Waals surface area contributed by atoms with Crippen molar-refractivity contribution < 1.29 is 14.3 Å². The van der Waals surface area contributed by atoms with E-state index < -0.39 is 0 Å². The fourth-order valence-electron chi connectivity index (χ4n) is 3.67. The first-order valence-corrected chi connectivity index (χ1v) is 10.8. The summed E-state index contributed by atoms with van der Waals surface area (Å²) in [5.74, 6) is 1.63. The molecule has 1 amide bonds. The zero-order valence-corrected chi connectivity index (χ0v) is 17.6. The number of carbonyl (C=O) groups excluding carboxylic acids is 1. The van der Waals surface area contributed by atoms with Gasteiger partial charge in [0, 0.05) is 18.2 Å². The number of rotatable bonds is 9. The first kappa shape index (κ1) is 20.7. The molecule has 6 nitrogen and oxygen atoms in total. The van der Waals surface area contributed by atoms with Crippen molar-refractivity contribution in [3.63, 3.8) is 0 Å². The second-order valence-corrected chi connectivity index (χ2v) is 7.83. The lowest BCUT2D eigenvalue weighted by atomic mass is 10.2. The Bertz CT molecular complexity index is 981. The topological polar surface area (TPSA) is 65.4 Å². The Morgan fingerprint density at radius 1 is 1.20 bits per heavy atom. The normalized spacial score (nSPS) is 16.1. The number of aromatic nitrogens is 2. The molecule has 0 aliphatic carbocycles. The van der Waals surface area contributed by atoms with Gasteiger partial charge in [-0.05, 0) is 62.1 Å². The van der Waals surface area contributed by atoms with E-state index in [9.17, 15) is 4.79 Å². The van der Waals surface area contributed by atoms with E-state index in [0.29, 0.717) is 24.8 Å². The number of ether oxygens (including phenoxy) is 2. The van der Waals surface area contributed by atoms with Crippen LogP contribution in [0.3, 0.4) is 0 Å². The van der Waals surface area contributed by atoms with Crippen molar-refractivity contribution in [2.45, 2.75) is 44.9 Å². The van der Waals surface area contributed by atoms with Crippen LogP contribution in [-0.4, -0.2) is 34.8 Å². The van der Waals surface area contributed by atoms with E-state index in [4.69, 9.17) is 26.1 Å². The second-order valence-electron chi connectivity index (χ2n) is 7.40. The monoisotopic (exact) mass is 427 g/mol. The Kier molecular flexibility index (Phi) is 6.87. The van der Waals surface area contributed by atoms with Gasteiger partial charge in [0.25, 0.3) is 0 Å². The lowest BCUT2D eigenvalue weighted by Gasteiger charge is -2.13. The number of aryl methyl sites for hydroxylation is 1. The summed E-state index contributed by atoms with van der Waals surface area (Å²) in [7, 11) is 0. The molecule has 1 aliphatic rings. The number of imidazole rings is 1. The summed E-state index contributed by atoms with van der Waals surface area (Å²) in [4.78, 5) is 17.0. The van der Waals surface area contributed by atoms with Crippen LogP contribution in [0, 0.1) is 0 Å². The molecule has 4 rings (SSSR count). The highest BCUT2D eigenvalue weighted by molar-refractivity contribution is 6.30. The van der Waals surface area contributed by atoms with Crippen LogP contribution in [0.5, 0.6) is 5.75 Å². The highest BCUT2D eigenvalue weighted by Crippen LogP contribution is 2.19. The molecule has 1 aromatic heterocycles.